The van der Waals surface area contributed by atoms with Gasteiger partial charge in [-0.05, 0) is 61.7 Å². The number of rotatable bonds is 9. The highest BCUT2D eigenvalue weighted by atomic mass is 19.1. The molecule has 0 radical (unpaired) electrons. The lowest BCUT2D eigenvalue weighted by molar-refractivity contribution is -0.134. The van der Waals surface area contributed by atoms with Crippen LogP contribution in [0, 0.1) is 11.7 Å². The molecule has 0 saturated carbocycles. The molecule has 5 rings (SSSR count). The van der Waals surface area contributed by atoms with Crippen molar-refractivity contribution in [1.82, 2.24) is 24.9 Å². The van der Waals surface area contributed by atoms with Crippen LogP contribution in [0.2, 0.25) is 0 Å². The van der Waals surface area contributed by atoms with Crippen LogP contribution >= 0.6 is 0 Å². The number of hydrogen-bond acceptors (Lipinski definition) is 6. The molecule has 230 valence electrons. The summed E-state index contributed by atoms with van der Waals surface area (Å²) in [7, 11) is 0. The Kier molecular flexibility index (Phi) is 10.2. The molecule has 5 N–H and O–H groups in total. The molecule has 43 heavy (non-hydrogen) atoms. The second kappa shape index (κ2) is 14.2. The van der Waals surface area contributed by atoms with E-state index >= 15 is 0 Å². The first-order valence-electron chi connectivity index (χ1n) is 15.3. The number of carbonyl (C=O) groups excluding carboxylic acids is 3. The number of hydrogen-bond donors (Lipinski definition) is 3. The van der Waals surface area contributed by atoms with Crippen LogP contribution in [0.25, 0.3) is 0 Å². The largest absolute Gasteiger partial charge is 0.366 e. The van der Waals surface area contributed by atoms with Crippen LogP contribution in [0.3, 0.4) is 0 Å². The van der Waals surface area contributed by atoms with Crippen LogP contribution in [0.15, 0.2) is 42.5 Å². The summed E-state index contributed by atoms with van der Waals surface area (Å²) in [5.41, 5.74) is 7.32. The van der Waals surface area contributed by atoms with Crippen LogP contribution in [0.5, 0.6) is 0 Å². The number of carbonyl (C=O) groups is 3. The van der Waals surface area contributed by atoms with Gasteiger partial charge in [-0.3, -0.25) is 24.7 Å². The lowest BCUT2D eigenvalue weighted by Crippen LogP contribution is -2.55. The van der Waals surface area contributed by atoms with E-state index in [1.165, 1.54) is 25.0 Å². The van der Waals surface area contributed by atoms with E-state index in [0.717, 1.165) is 51.7 Å². The van der Waals surface area contributed by atoms with Gasteiger partial charge in [0.15, 0.2) is 5.71 Å². The SMILES string of the molecule is NC(=O)c1ccccc1C(=[NH2+])Cc1ccc(F)c(C(=O)N2CCN(C(=O)CN3CCN(CC4CCNCC4)CC3)CC2)c1. The molecule has 2 aromatic carbocycles. The van der Waals surface area contributed by atoms with Gasteiger partial charge in [-0.1, -0.05) is 18.2 Å². The molecule has 3 fully saturated rings. The van der Waals surface area contributed by atoms with Crippen molar-refractivity contribution in [3.63, 3.8) is 0 Å². The van der Waals surface area contributed by atoms with Crippen molar-refractivity contribution in [2.45, 2.75) is 19.3 Å². The Bertz CT molecular complexity index is 1330. The van der Waals surface area contributed by atoms with Gasteiger partial charge in [0.1, 0.15) is 5.82 Å². The molecule has 0 unspecified atom stereocenters. The van der Waals surface area contributed by atoms with Gasteiger partial charge < -0.3 is 25.8 Å². The highest BCUT2D eigenvalue weighted by Gasteiger charge is 2.29. The summed E-state index contributed by atoms with van der Waals surface area (Å²) in [6.07, 6.45) is 2.71. The smallest absolute Gasteiger partial charge is 0.256 e. The van der Waals surface area contributed by atoms with Gasteiger partial charge in [0.05, 0.1) is 29.7 Å². The number of piperazine rings is 2. The molecule has 2 aromatic rings. The zero-order chi connectivity index (χ0) is 30.3. The van der Waals surface area contributed by atoms with Crippen molar-refractivity contribution in [1.29, 1.82) is 0 Å². The molecule has 11 heteroatoms. The van der Waals surface area contributed by atoms with Crippen molar-refractivity contribution in [2.24, 2.45) is 11.7 Å². The number of nitrogens with two attached hydrogens (primary N) is 2. The lowest BCUT2D eigenvalue weighted by atomic mass is 9.96. The Hall–Kier alpha value is -3.67. The maximum absolute atomic E-state index is 14.8. The minimum Gasteiger partial charge on any atom is -0.366 e. The molecular formula is C32H43FN7O3+. The van der Waals surface area contributed by atoms with Crippen LogP contribution in [-0.4, -0.2) is 122 Å². The van der Waals surface area contributed by atoms with Gasteiger partial charge in [0.25, 0.3) is 5.91 Å². The first-order valence-corrected chi connectivity index (χ1v) is 15.3. The lowest BCUT2D eigenvalue weighted by Gasteiger charge is -2.39. The average Bonchev–Trinajstić information content (AvgIpc) is 3.03. The molecule has 0 bridgehead atoms. The average molecular weight is 593 g/mol. The summed E-state index contributed by atoms with van der Waals surface area (Å²) >= 11 is 0. The van der Waals surface area contributed by atoms with Gasteiger partial charge in [0.2, 0.25) is 11.8 Å². The number of primary amides is 1. The molecular weight excluding hydrogens is 549 g/mol. The van der Waals surface area contributed by atoms with Crippen LogP contribution < -0.4 is 16.5 Å². The molecule has 10 nitrogen and oxygen atoms in total. The second-order valence-corrected chi connectivity index (χ2v) is 11.9. The fourth-order valence-electron chi connectivity index (χ4n) is 6.32. The van der Waals surface area contributed by atoms with Crippen molar-refractivity contribution < 1.29 is 24.2 Å². The number of halogens is 1. The van der Waals surface area contributed by atoms with Gasteiger partial charge in [-0.15, -0.1) is 0 Å². The summed E-state index contributed by atoms with van der Waals surface area (Å²) in [5.74, 6) is -0.757. The van der Waals surface area contributed by atoms with Crippen molar-refractivity contribution in [2.75, 3.05) is 78.5 Å². The van der Waals surface area contributed by atoms with E-state index in [2.05, 4.69) is 15.1 Å². The van der Waals surface area contributed by atoms with Gasteiger partial charge in [-0.25, -0.2) is 4.39 Å². The van der Waals surface area contributed by atoms with Crippen LogP contribution in [0.4, 0.5) is 4.39 Å². The Morgan fingerprint density at radius 2 is 1.47 bits per heavy atom. The maximum Gasteiger partial charge on any atom is 0.256 e. The summed E-state index contributed by atoms with van der Waals surface area (Å²) < 4.78 is 14.8. The zero-order valence-electron chi connectivity index (χ0n) is 24.8. The quantitative estimate of drug-likeness (QED) is 0.341. The number of benzene rings is 2. The predicted octanol–water partition coefficient (Wildman–Crippen LogP) is -0.383. The fourth-order valence-corrected chi connectivity index (χ4v) is 6.32. The summed E-state index contributed by atoms with van der Waals surface area (Å²) in [5, 5.41) is 9.73. The Morgan fingerprint density at radius 1 is 0.837 bits per heavy atom. The summed E-state index contributed by atoms with van der Waals surface area (Å²) in [4.78, 5) is 46.3. The first kappa shape index (κ1) is 30.8. The monoisotopic (exact) mass is 592 g/mol. The summed E-state index contributed by atoms with van der Waals surface area (Å²) in [6.45, 7) is 9.07. The number of amides is 3. The molecule has 0 atom stereocenters. The molecule has 3 aliphatic rings. The third kappa shape index (κ3) is 7.84. The Labute approximate surface area is 252 Å². The molecule has 3 aliphatic heterocycles. The first-order chi connectivity index (χ1) is 20.8. The van der Waals surface area contributed by atoms with Crippen molar-refractivity contribution >= 4 is 23.4 Å². The van der Waals surface area contributed by atoms with E-state index in [1.807, 2.05) is 4.90 Å². The topological polar surface area (TPSA) is 128 Å². The normalized spacial score (nSPS) is 18.9. The van der Waals surface area contributed by atoms with Crippen molar-refractivity contribution in [3.05, 3.63) is 70.5 Å². The third-order valence-electron chi connectivity index (χ3n) is 8.91. The van der Waals surface area contributed by atoms with Gasteiger partial charge in [0, 0.05) is 58.9 Å². The highest BCUT2D eigenvalue weighted by Crippen LogP contribution is 2.18. The Balaban J connectivity index is 1.10. The van der Waals surface area contributed by atoms with Gasteiger partial charge >= 0.3 is 0 Å². The van der Waals surface area contributed by atoms with E-state index in [0.29, 0.717) is 55.1 Å². The molecule has 0 aliphatic carbocycles. The Morgan fingerprint density at radius 3 is 2.14 bits per heavy atom. The van der Waals surface area contributed by atoms with E-state index < -0.39 is 17.6 Å². The van der Waals surface area contributed by atoms with E-state index in [1.54, 1.807) is 35.2 Å². The second-order valence-electron chi connectivity index (χ2n) is 11.9. The standard InChI is InChI=1S/C32H42FN7O3/c33-28-6-5-24(20-29(34)25-3-1-2-4-26(25)31(35)42)19-27(28)32(43)40-17-15-39(16-18-40)30(41)22-38-13-11-37(12-14-38)21-23-7-9-36-10-8-23/h1-6,19,23,34,36H,7-18,20-22H2,(H2,35,42)/p+1. The summed E-state index contributed by atoms with van der Waals surface area (Å²) in [6, 6.07) is 11.1. The number of piperidine rings is 1. The molecule has 3 amide bonds. The van der Waals surface area contributed by atoms with E-state index in [-0.39, 0.29) is 17.9 Å². The molecule has 3 saturated heterocycles. The minimum absolute atomic E-state index is 0.0318. The highest BCUT2D eigenvalue weighted by molar-refractivity contribution is 6.08. The molecule has 0 aromatic heterocycles. The molecule has 0 spiro atoms. The van der Waals surface area contributed by atoms with E-state index in [4.69, 9.17) is 11.1 Å². The fraction of sp³-hybridized carbons (Fsp3) is 0.500. The number of nitrogens with zero attached hydrogens (tertiary/aromatic N) is 4. The zero-order valence-corrected chi connectivity index (χ0v) is 24.8. The minimum atomic E-state index is -0.609. The third-order valence-corrected chi connectivity index (χ3v) is 8.91. The molecule has 3 heterocycles. The number of nitrogens with one attached hydrogen (secondary N) is 1. The van der Waals surface area contributed by atoms with Crippen molar-refractivity contribution in [3.8, 4) is 0 Å². The predicted molar refractivity (Wildman–Crippen MR) is 162 cm³/mol. The van der Waals surface area contributed by atoms with Crippen LogP contribution in [-0.2, 0) is 11.2 Å². The van der Waals surface area contributed by atoms with Crippen LogP contribution in [0.1, 0.15) is 44.7 Å². The maximum atomic E-state index is 14.8. The van der Waals surface area contributed by atoms with E-state index in [9.17, 15) is 18.8 Å². The van der Waals surface area contributed by atoms with Gasteiger partial charge in [-0.2, -0.15) is 0 Å².